The molecule has 4 heteroatoms. The van der Waals surface area contributed by atoms with Gasteiger partial charge in [0, 0.05) is 6.42 Å². The Hall–Kier alpha value is -1.06. The summed E-state index contributed by atoms with van der Waals surface area (Å²) in [5, 5.41) is 0. The van der Waals surface area contributed by atoms with Gasteiger partial charge in [-0.15, -0.1) is 0 Å². The van der Waals surface area contributed by atoms with Crippen LogP contribution < -0.4 is 0 Å². The first-order chi connectivity index (χ1) is 14.9. The molecular formula is C27H52O4. The van der Waals surface area contributed by atoms with Crippen LogP contribution in [0.1, 0.15) is 131 Å². The van der Waals surface area contributed by atoms with Crippen molar-refractivity contribution in [3.05, 3.63) is 0 Å². The van der Waals surface area contributed by atoms with Crippen LogP contribution >= 0.6 is 0 Å². The summed E-state index contributed by atoms with van der Waals surface area (Å²) in [4.78, 5) is 23.6. The van der Waals surface area contributed by atoms with Crippen molar-refractivity contribution in [2.45, 2.75) is 131 Å². The second kappa shape index (κ2) is 20.8. The first kappa shape index (κ1) is 29.9. The van der Waals surface area contributed by atoms with Crippen LogP contribution in [0.4, 0.5) is 0 Å². The van der Waals surface area contributed by atoms with Gasteiger partial charge < -0.3 is 9.47 Å². The van der Waals surface area contributed by atoms with Crippen molar-refractivity contribution in [3.8, 4) is 0 Å². The van der Waals surface area contributed by atoms with E-state index in [-0.39, 0.29) is 17.9 Å². The Morgan fingerprint density at radius 2 is 1.03 bits per heavy atom. The number of ether oxygens (including phenoxy) is 2. The minimum Gasteiger partial charge on any atom is -0.465 e. The third-order valence-electron chi connectivity index (χ3n) is 5.65. The number of carbonyl (C=O) groups is 2. The van der Waals surface area contributed by atoms with Crippen LogP contribution in [0.3, 0.4) is 0 Å². The summed E-state index contributed by atoms with van der Waals surface area (Å²) in [6.07, 6.45) is 17.3. The average Bonchev–Trinajstić information content (AvgIpc) is 2.73. The summed E-state index contributed by atoms with van der Waals surface area (Å²) in [6.45, 7) is 11.4. The number of carbonyl (C=O) groups excluding carboxylic acids is 2. The SMILES string of the molecule is CCC(CCCCCCCCCCCCCCC(=O)OCC(C)C)C(=O)OCC(C)C. The van der Waals surface area contributed by atoms with E-state index in [1.165, 1.54) is 57.8 Å². The molecule has 0 aliphatic carbocycles. The molecule has 0 aromatic rings. The molecule has 0 aliphatic heterocycles. The van der Waals surface area contributed by atoms with Crippen LogP contribution in [0.25, 0.3) is 0 Å². The van der Waals surface area contributed by atoms with Gasteiger partial charge in [0.1, 0.15) is 0 Å². The maximum atomic E-state index is 12.1. The van der Waals surface area contributed by atoms with E-state index in [1.54, 1.807) is 0 Å². The van der Waals surface area contributed by atoms with E-state index in [4.69, 9.17) is 9.47 Å². The molecule has 0 aromatic carbocycles. The number of unbranched alkanes of at least 4 members (excludes halogenated alkanes) is 11. The predicted molar refractivity (Wildman–Crippen MR) is 130 cm³/mol. The van der Waals surface area contributed by atoms with E-state index in [0.29, 0.717) is 31.5 Å². The fourth-order valence-corrected chi connectivity index (χ4v) is 3.61. The Balaban J connectivity index is 3.39. The number of rotatable bonds is 21. The lowest BCUT2D eigenvalue weighted by Gasteiger charge is -2.15. The zero-order valence-corrected chi connectivity index (χ0v) is 21.4. The maximum Gasteiger partial charge on any atom is 0.308 e. The highest BCUT2D eigenvalue weighted by Gasteiger charge is 2.17. The molecule has 0 fully saturated rings. The zero-order chi connectivity index (χ0) is 23.3. The molecule has 0 aliphatic rings. The summed E-state index contributed by atoms with van der Waals surface area (Å²) >= 11 is 0. The highest BCUT2D eigenvalue weighted by molar-refractivity contribution is 5.72. The molecule has 0 radical (unpaired) electrons. The van der Waals surface area contributed by atoms with Gasteiger partial charge in [0.05, 0.1) is 19.1 Å². The standard InChI is InChI=1S/C27H52O4/c1-6-25(27(29)31-22-24(4)5)19-17-15-13-11-9-7-8-10-12-14-16-18-20-26(28)30-21-23(2)3/h23-25H,6-22H2,1-5H3. The van der Waals surface area contributed by atoms with Crippen LogP contribution in [0, 0.1) is 17.8 Å². The number of hydrogen-bond donors (Lipinski definition) is 0. The average molecular weight is 441 g/mol. The Bertz CT molecular complexity index is 431. The molecule has 0 rings (SSSR count). The molecule has 0 heterocycles. The van der Waals surface area contributed by atoms with E-state index in [2.05, 4.69) is 34.6 Å². The zero-order valence-electron chi connectivity index (χ0n) is 21.4. The predicted octanol–water partition coefficient (Wildman–Crippen LogP) is 7.87. The summed E-state index contributed by atoms with van der Waals surface area (Å²) in [7, 11) is 0. The van der Waals surface area contributed by atoms with Gasteiger partial charge in [-0.25, -0.2) is 0 Å². The van der Waals surface area contributed by atoms with Crippen molar-refractivity contribution in [1.29, 1.82) is 0 Å². The molecular weight excluding hydrogens is 388 g/mol. The molecule has 0 bridgehead atoms. The molecule has 0 aromatic heterocycles. The first-order valence-electron chi connectivity index (χ1n) is 13.2. The Morgan fingerprint density at radius 3 is 1.48 bits per heavy atom. The lowest BCUT2D eigenvalue weighted by Crippen LogP contribution is -2.19. The van der Waals surface area contributed by atoms with Gasteiger partial charge in [-0.05, 0) is 31.1 Å². The highest BCUT2D eigenvalue weighted by atomic mass is 16.5. The second-order valence-corrected chi connectivity index (χ2v) is 9.99. The quantitative estimate of drug-likeness (QED) is 0.135. The van der Waals surface area contributed by atoms with E-state index < -0.39 is 0 Å². The minimum absolute atomic E-state index is 0.00209. The van der Waals surface area contributed by atoms with Gasteiger partial charge in [-0.3, -0.25) is 9.59 Å². The van der Waals surface area contributed by atoms with Crippen molar-refractivity contribution in [3.63, 3.8) is 0 Å². The Labute approximate surface area is 193 Å². The third-order valence-corrected chi connectivity index (χ3v) is 5.65. The van der Waals surface area contributed by atoms with Crippen molar-refractivity contribution in [1.82, 2.24) is 0 Å². The molecule has 0 spiro atoms. The van der Waals surface area contributed by atoms with Gasteiger partial charge in [0.25, 0.3) is 0 Å². The first-order valence-corrected chi connectivity index (χ1v) is 13.2. The monoisotopic (exact) mass is 440 g/mol. The number of hydrogen-bond acceptors (Lipinski definition) is 4. The summed E-state index contributed by atoms with van der Waals surface area (Å²) in [5.41, 5.74) is 0. The van der Waals surface area contributed by atoms with Crippen LogP contribution in [-0.4, -0.2) is 25.2 Å². The largest absolute Gasteiger partial charge is 0.465 e. The van der Waals surface area contributed by atoms with Crippen molar-refractivity contribution < 1.29 is 19.1 Å². The normalized spacial score (nSPS) is 12.4. The van der Waals surface area contributed by atoms with Gasteiger partial charge in [-0.2, -0.15) is 0 Å². The fraction of sp³-hybridized carbons (Fsp3) is 0.926. The fourth-order valence-electron chi connectivity index (χ4n) is 3.61. The summed E-state index contributed by atoms with van der Waals surface area (Å²) in [6, 6.07) is 0. The lowest BCUT2D eigenvalue weighted by molar-refractivity contribution is -0.150. The van der Waals surface area contributed by atoms with E-state index >= 15 is 0 Å². The van der Waals surface area contributed by atoms with E-state index in [0.717, 1.165) is 32.1 Å². The molecule has 0 saturated carbocycles. The Morgan fingerprint density at radius 1 is 0.613 bits per heavy atom. The van der Waals surface area contributed by atoms with E-state index in [1.807, 2.05) is 0 Å². The molecule has 0 N–H and O–H groups in total. The third kappa shape index (κ3) is 20.6. The van der Waals surface area contributed by atoms with Gasteiger partial charge in [0.15, 0.2) is 0 Å². The van der Waals surface area contributed by atoms with Crippen LogP contribution in [-0.2, 0) is 19.1 Å². The maximum absolute atomic E-state index is 12.1. The second-order valence-electron chi connectivity index (χ2n) is 9.99. The van der Waals surface area contributed by atoms with Gasteiger partial charge in [-0.1, -0.05) is 105 Å². The van der Waals surface area contributed by atoms with Crippen molar-refractivity contribution in [2.24, 2.45) is 17.8 Å². The lowest BCUT2D eigenvalue weighted by atomic mass is 9.97. The summed E-state index contributed by atoms with van der Waals surface area (Å²) in [5.74, 6) is 0.880. The van der Waals surface area contributed by atoms with Crippen molar-refractivity contribution >= 4 is 11.9 Å². The van der Waals surface area contributed by atoms with Crippen LogP contribution in [0.5, 0.6) is 0 Å². The molecule has 1 unspecified atom stereocenters. The van der Waals surface area contributed by atoms with Gasteiger partial charge >= 0.3 is 11.9 Å². The van der Waals surface area contributed by atoms with Gasteiger partial charge in [0.2, 0.25) is 0 Å². The number of esters is 2. The topological polar surface area (TPSA) is 52.6 Å². The molecule has 0 saturated heterocycles. The highest BCUT2D eigenvalue weighted by Crippen LogP contribution is 2.18. The van der Waals surface area contributed by atoms with Crippen LogP contribution in [0.15, 0.2) is 0 Å². The van der Waals surface area contributed by atoms with E-state index in [9.17, 15) is 9.59 Å². The molecule has 0 amide bonds. The van der Waals surface area contributed by atoms with Crippen LogP contribution in [0.2, 0.25) is 0 Å². The Kier molecular flexibility index (Phi) is 20.1. The molecule has 184 valence electrons. The smallest absolute Gasteiger partial charge is 0.308 e. The summed E-state index contributed by atoms with van der Waals surface area (Å²) < 4.78 is 10.6. The molecule has 4 nitrogen and oxygen atoms in total. The molecule has 1 atom stereocenters. The van der Waals surface area contributed by atoms with Crippen molar-refractivity contribution in [2.75, 3.05) is 13.2 Å². The molecule has 31 heavy (non-hydrogen) atoms. The minimum atomic E-state index is -0.0371.